The maximum absolute atomic E-state index is 14.1. The average molecular weight is 393 g/mol. The van der Waals surface area contributed by atoms with Crippen LogP contribution in [0.25, 0.3) is 0 Å². The Bertz CT molecular complexity index is 918. The second-order valence-electron chi connectivity index (χ2n) is 5.21. The van der Waals surface area contributed by atoms with Crippen LogP contribution < -0.4 is 0 Å². The molecule has 2 rings (SSSR count). The summed E-state index contributed by atoms with van der Waals surface area (Å²) in [6, 6.07) is 2.12. The first-order valence-corrected chi connectivity index (χ1v) is 8.97. The number of carbonyl (C=O) groups excluding carboxylic acids is 1. The highest BCUT2D eigenvalue weighted by atomic mass is 32.2. The minimum atomic E-state index is -4.76. The highest BCUT2D eigenvalue weighted by Crippen LogP contribution is 2.32. The van der Waals surface area contributed by atoms with Gasteiger partial charge in [-0.2, -0.15) is 17.9 Å². The van der Waals surface area contributed by atoms with E-state index in [2.05, 4.69) is 5.10 Å². The van der Waals surface area contributed by atoms with Crippen molar-refractivity contribution in [3.8, 4) is 0 Å². The minimum Gasteiger partial charge on any atom is -0.323 e. The third-order valence-corrected chi connectivity index (χ3v) is 5.25. The Morgan fingerprint density at radius 2 is 1.85 bits per heavy atom. The summed E-state index contributed by atoms with van der Waals surface area (Å²) in [7, 11) is -4.68. The third kappa shape index (κ3) is 3.71. The lowest BCUT2D eigenvalue weighted by Gasteiger charge is -2.17. The maximum Gasteiger partial charge on any atom is 0.416 e. The number of alkyl halides is 3. The van der Waals surface area contributed by atoms with Crippen LogP contribution in [0, 0.1) is 5.82 Å². The Labute approximate surface area is 146 Å². The van der Waals surface area contributed by atoms with Crippen molar-refractivity contribution in [1.29, 1.82) is 0 Å². The highest BCUT2D eigenvalue weighted by molar-refractivity contribution is 7.91. The molecule has 0 radical (unpaired) electrons. The van der Waals surface area contributed by atoms with Gasteiger partial charge in [-0.1, -0.05) is 6.07 Å². The average Bonchev–Trinajstić information content (AvgIpc) is 2.98. The molecule has 6 nitrogen and oxygen atoms in total. The van der Waals surface area contributed by atoms with Gasteiger partial charge in [0.25, 0.3) is 0 Å². The van der Waals surface area contributed by atoms with Crippen LogP contribution in [0.3, 0.4) is 0 Å². The SMILES string of the molecule is CCN(CC)C(=O)n1cc(F)c(S(=O)(=O)c2cccc(C(F)(F)F)c2)n1. The van der Waals surface area contributed by atoms with Gasteiger partial charge in [0.05, 0.1) is 16.7 Å². The van der Waals surface area contributed by atoms with Gasteiger partial charge in [0.1, 0.15) is 0 Å². The summed E-state index contributed by atoms with van der Waals surface area (Å²) >= 11 is 0. The first kappa shape index (κ1) is 19.9. The summed E-state index contributed by atoms with van der Waals surface area (Å²) in [5.74, 6) is -1.33. The van der Waals surface area contributed by atoms with Gasteiger partial charge in [0, 0.05) is 13.1 Å². The predicted octanol–water partition coefficient (Wildman–Crippen LogP) is 3.18. The number of halogens is 4. The van der Waals surface area contributed by atoms with Crippen LogP contribution in [-0.2, 0) is 16.0 Å². The van der Waals surface area contributed by atoms with Crippen molar-refractivity contribution in [3.63, 3.8) is 0 Å². The molecule has 0 atom stereocenters. The molecular formula is C15H15F4N3O3S. The molecule has 0 aliphatic rings. The van der Waals surface area contributed by atoms with E-state index in [-0.39, 0.29) is 13.1 Å². The summed E-state index contributed by atoms with van der Waals surface area (Å²) < 4.78 is 77.9. The van der Waals surface area contributed by atoms with Crippen LogP contribution in [-0.4, -0.2) is 42.2 Å². The molecule has 1 amide bonds. The van der Waals surface area contributed by atoms with E-state index in [0.29, 0.717) is 23.0 Å². The van der Waals surface area contributed by atoms with E-state index >= 15 is 0 Å². The number of sulfone groups is 1. The summed E-state index contributed by atoms with van der Waals surface area (Å²) in [4.78, 5) is 12.6. The van der Waals surface area contributed by atoms with Crippen LogP contribution in [0.4, 0.5) is 22.4 Å². The molecular weight excluding hydrogens is 378 g/mol. The fourth-order valence-electron chi connectivity index (χ4n) is 2.21. The molecule has 1 heterocycles. The van der Waals surface area contributed by atoms with Crippen molar-refractivity contribution in [1.82, 2.24) is 14.7 Å². The molecule has 0 aliphatic carbocycles. The van der Waals surface area contributed by atoms with E-state index in [0.717, 1.165) is 12.1 Å². The number of hydrogen-bond acceptors (Lipinski definition) is 4. The number of carbonyl (C=O) groups is 1. The molecule has 0 N–H and O–H groups in total. The minimum absolute atomic E-state index is 0.284. The van der Waals surface area contributed by atoms with Crippen molar-refractivity contribution >= 4 is 15.9 Å². The van der Waals surface area contributed by atoms with Gasteiger partial charge in [-0.25, -0.2) is 17.6 Å². The van der Waals surface area contributed by atoms with E-state index in [1.807, 2.05) is 0 Å². The zero-order chi connectivity index (χ0) is 19.7. The molecule has 11 heteroatoms. The maximum atomic E-state index is 14.1. The van der Waals surface area contributed by atoms with E-state index in [4.69, 9.17) is 0 Å². The molecule has 1 aromatic carbocycles. The van der Waals surface area contributed by atoms with Crippen LogP contribution in [0.15, 0.2) is 40.4 Å². The Hall–Kier alpha value is -2.43. The lowest BCUT2D eigenvalue weighted by atomic mass is 10.2. The molecule has 0 fully saturated rings. The second-order valence-corrected chi connectivity index (χ2v) is 7.08. The first-order chi connectivity index (χ1) is 12.0. The van der Waals surface area contributed by atoms with Gasteiger partial charge in [0.2, 0.25) is 14.9 Å². The van der Waals surface area contributed by atoms with Crippen molar-refractivity contribution in [2.75, 3.05) is 13.1 Å². The summed E-state index contributed by atoms with van der Waals surface area (Å²) in [6.07, 6.45) is -4.18. The Balaban J connectivity index is 2.50. The number of hydrogen-bond donors (Lipinski definition) is 0. The molecule has 0 aliphatic heterocycles. The number of aromatic nitrogens is 2. The van der Waals surface area contributed by atoms with E-state index in [9.17, 15) is 30.8 Å². The standard InChI is InChI=1S/C15H15F4N3O3S/c1-3-21(4-2)14(23)22-9-12(16)13(20-22)26(24,25)11-7-5-6-10(8-11)15(17,18)19/h5-9H,3-4H2,1-2H3. The molecule has 0 saturated carbocycles. The van der Waals surface area contributed by atoms with E-state index < -0.39 is 43.3 Å². The predicted molar refractivity (Wildman–Crippen MR) is 82.8 cm³/mol. The fourth-order valence-corrected chi connectivity index (χ4v) is 3.48. The molecule has 0 unspecified atom stereocenters. The molecule has 2 aromatic rings. The highest BCUT2D eigenvalue weighted by Gasteiger charge is 2.33. The van der Waals surface area contributed by atoms with Crippen molar-refractivity contribution in [2.24, 2.45) is 0 Å². The lowest BCUT2D eigenvalue weighted by molar-refractivity contribution is -0.137. The van der Waals surface area contributed by atoms with Gasteiger partial charge in [-0.3, -0.25) is 0 Å². The zero-order valence-corrected chi connectivity index (χ0v) is 14.6. The van der Waals surface area contributed by atoms with Gasteiger partial charge in [-0.15, -0.1) is 5.10 Å². The van der Waals surface area contributed by atoms with Crippen LogP contribution in [0.1, 0.15) is 19.4 Å². The fraction of sp³-hybridized carbons (Fsp3) is 0.333. The first-order valence-electron chi connectivity index (χ1n) is 7.49. The van der Waals surface area contributed by atoms with Crippen molar-refractivity contribution < 1.29 is 30.8 Å². The molecule has 26 heavy (non-hydrogen) atoms. The van der Waals surface area contributed by atoms with Gasteiger partial charge in [-0.05, 0) is 32.0 Å². The van der Waals surface area contributed by atoms with Crippen LogP contribution in [0.2, 0.25) is 0 Å². The van der Waals surface area contributed by atoms with Crippen molar-refractivity contribution in [2.45, 2.75) is 29.9 Å². The Kier molecular flexibility index (Phi) is 5.40. The third-order valence-electron chi connectivity index (χ3n) is 3.59. The largest absolute Gasteiger partial charge is 0.416 e. The van der Waals surface area contributed by atoms with Gasteiger partial charge in [0.15, 0.2) is 5.82 Å². The van der Waals surface area contributed by atoms with E-state index in [1.165, 1.54) is 4.90 Å². The monoisotopic (exact) mass is 393 g/mol. The summed E-state index contributed by atoms with van der Waals surface area (Å²) in [5, 5.41) is 2.33. The molecule has 142 valence electrons. The summed E-state index contributed by atoms with van der Waals surface area (Å²) in [5.41, 5.74) is -1.20. The second kappa shape index (κ2) is 7.06. The topological polar surface area (TPSA) is 72.3 Å². The lowest BCUT2D eigenvalue weighted by Crippen LogP contribution is -2.34. The van der Waals surface area contributed by atoms with Gasteiger partial charge >= 0.3 is 12.2 Å². The zero-order valence-electron chi connectivity index (χ0n) is 13.8. The Morgan fingerprint density at radius 3 is 2.38 bits per heavy atom. The molecule has 0 bridgehead atoms. The number of rotatable bonds is 4. The molecule has 0 spiro atoms. The number of amides is 1. The van der Waals surface area contributed by atoms with Crippen LogP contribution in [0.5, 0.6) is 0 Å². The van der Waals surface area contributed by atoms with Gasteiger partial charge < -0.3 is 4.90 Å². The Morgan fingerprint density at radius 1 is 1.23 bits per heavy atom. The smallest absolute Gasteiger partial charge is 0.323 e. The van der Waals surface area contributed by atoms with Crippen LogP contribution >= 0.6 is 0 Å². The molecule has 0 saturated heterocycles. The van der Waals surface area contributed by atoms with E-state index in [1.54, 1.807) is 13.8 Å². The molecule has 1 aromatic heterocycles. The normalized spacial score (nSPS) is 12.2. The number of nitrogens with zero attached hydrogens (tertiary/aromatic N) is 3. The quantitative estimate of drug-likeness (QED) is 0.748. The summed E-state index contributed by atoms with van der Waals surface area (Å²) in [6.45, 7) is 3.90. The number of benzene rings is 1. The van der Waals surface area contributed by atoms with Crippen molar-refractivity contribution in [3.05, 3.63) is 41.8 Å².